The normalized spacial score (nSPS) is 11.5. The molecule has 0 aliphatic rings. The van der Waals surface area contributed by atoms with Crippen LogP contribution in [0.15, 0.2) is 30.9 Å². The Labute approximate surface area is 173 Å². The number of alkyl halides is 3. The van der Waals surface area contributed by atoms with Crippen molar-refractivity contribution in [2.45, 2.75) is 6.18 Å². The lowest BCUT2D eigenvalue weighted by atomic mass is 10.2. The van der Waals surface area contributed by atoms with Crippen LogP contribution >= 0.6 is 0 Å². The molecule has 13 heteroatoms. The Balaban J connectivity index is 1.70. The van der Waals surface area contributed by atoms with Crippen molar-refractivity contribution < 1.29 is 27.4 Å². The largest absolute Gasteiger partial charge is 0.493 e. The SMILES string of the molecule is COc1cc(-n2cnc(Nc3nc(C(F)(F)F)nc4[nH]ncc34)c2)cc(OC)c1OC. The number of anilines is 2. The summed E-state index contributed by atoms with van der Waals surface area (Å²) >= 11 is 0. The van der Waals surface area contributed by atoms with Crippen LogP contribution in [0.25, 0.3) is 16.7 Å². The van der Waals surface area contributed by atoms with E-state index in [0.29, 0.717) is 22.9 Å². The fraction of sp³-hybridized carbons (Fsp3) is 0.222. The minimum Gasteiger partial charge on any atom is -0.493 e. The summed E-state index contributed by atoms with van der Waals surface area (Å²) in [5.74, 6) is 0.173. The first-order chi connectivity index (χ1) is 14.8. The number of hydrogen-bond donors (Lipinski definition) is 2. The molecule has 0 atom stereocenters. The van der Waals surface area contributed by atoms with Crippen molar-refractivity contribution in [1.82, 2.24) is 29.7 Å². The molecule has 3 heterocycles. The molecule has 2 N–H and O–H groups in total. The van der Waals surface area contributed by atoms with E-state index >= 15 is 0 Å². The molecule has 0 aliphatic heterocycles. The van der Waals surface area contributed by atoms with Gasteiger partial charge in [-0.05, 0) is 0 Å². The predicted octanol–water partition coefficient (Wildman–Crippen LogP) is 3.33. The van der Waals surface area contributed by atoms with E-state index in [-0.39, 0.29) is 22.7 Å². The summed E-state index contributed by atoms with van der Waals surface area (Å²) in [4.78, 5) is 11.2. The number of imidazole rings is 1. The highest BCUT2D eigenvalue weighted by atomic mass is 19.4. The second-order valence-corrected chi connectivity index (χ2v) is 6.20. The van der Waals surface area contributed by atoms with Gasteiger partial charge in [0.1, 0.15) is 18.0 Å². The van der Waals surface area contributed by atoms with Gasteiger partial charge in [-0.2, -0.15) is 18.3 Å². The summed E-state index contributed by atoms with van der Waals surface area (Å²) in [5, 5.41) is 9.23. The molecule has 0 amide bonds. The van der Waals surface area contributed by atoms with Gasteiger partial charge in [0.15, 0.2) is 17.1 Å². The first-order valence-electron chi connectivity index (χ1n) is 8.73. The van der Waals surface area contributed by atoms with Crippen molar-refractivity contribution in [2.24, 2.45) is 0 Å². The lowest BCUT2D eigenvalue weighted by Gasteiger charge is -2.14. The molecule has 0 aliphatic carbocycles. The van der Waals surface area contributed by atoms with Crippen LogP contribution < -0.4 is 19.5 Å². The highest BCUT2D eigenvalue weighted by molar-refractivity contribution is 5.87. The van der Waals surface area contributed by atoms with Gasteiger partial charge < -0.3 is 24.1 Å². The number of benzene rings is 1. The van der Waals surface area contributed by atoms with Crippen molar-refractivity contribution >= 4 is 22.7 Å². The fourth-order valence-electron chi connectivity index (χ4n) is 2.92. The van der Waals surface area contributed by atoms with Crippen LogP contribution in [0.3, 0.4) is 0 Å². The number of rotatable bonds is 6. The Bertz CT molecular complexity index is 1210. The lowest BCUT2D eigenvalue weighted by molar-refractivity contribution is -0.144. The van der Waals surface area contributed by atoms with Gasteiger partial charge in [0.05, 0.1) is 44.8 Å². The molecule has 1 aromatic carbocycles. The molecule has 0 bridgehead atoms. The smallest absolute Gasteiger partial charge is 0.451 e. The number of H-pyrrole nitrogens is 1. The highest BCUT2D eigenvalue weighted by Gasteiger charge is 2.36. The van der Waals surface area contributed by atoms with Crippen LogP contribution in [-0.2, 0) is 6.18 Å². The topological polar surface area (TPSA) is 112 Å². The first kappa shape index (κ1) is 20.3. The third kappa shape index (κ3) is 3.76. The van der Waals surface area contributed by atoms with E-state index in [0.717, 1.165) is 0 Å². The van der Waals surface area contributed by atoms with E-state index in [9.17, 15) is 13.2 Å². The molecule has 0 saturated heterocycles. The Morgan fingerprint density at radius 2 is 1.74 bits per heavy atom. The fourth-order valence-corrected chi connectivity index (χ4v) is 2.92. The van der Waals surface area contributed by atoms with E-state index < -0.39 is 12.0 Å². The van der Waals surface area contributed by atoms with Crippen LogP contribution in [0.5, 0.6) is 17.2 Å². The number of nitrogens with zero attached hydrogens (tertiary/aromatic N) is 5. The quantitative estimate of drug-likeness (QED) is 0.474. The van der Waals surface area contributed by atoms with Gasteiger partial charge in [-0.3, -0.25) is 5.10 Å². The third-order valence-corrected chi connectivity index (χ3v) is 4.34. The number of hydrogen-bond acceptors (Lipinski definition) is 8. The standard InChI is InChI=1S/C18H16F3N7O3/c1-29-11-4-9(5-12(30-2)14(11)31-3)28-7-13(22-8-28)24-15-10-6-23-27-16(10)26-17(25-15)18(19,20)21/h4-8H,1-3H3,(H2,23,24,25,26,27). The van der Waals surface area contributed by atoms with Crippen molar-refractivity contribution in [1.29, 1.82) is 0 Å². The Morgan fingerprint density at radius 1 is 1.03 bits per heavy atom. The van der Waals surface area contributed by atoms with E-state index in [1.54, 1.807) is 22.9 Å². The van der Waals surface area contributed by atoms with Crippen LogP contribution in [0.2, 0.25) is 0 Å². The molecule has 0 saturated carbocycles. The van der Waals surface area contributed by atoms with Gasteiger partial charge >= 0.3 is 6.18 Å². The summed E-state index contributed by atoms with van der Waals surface area (Å²) in [6.07, 6.45) is -0.345. The second-order valence-electron chi connectivity index (χ2n) is 6.20. The Hall–Kier alpha value is -4.03. The zero-order chi connectivity index (χ0) is 22.2. The maximum absolute atomic E-state index is 13.1. The molecule has 0 unspecified atom stereocenters. The number of aromatic amines is 1. The number of halogens is 3. The molecule has 10 nitrogen and oxygen atoms in total. The van der Waals surface area contributed by atoms with E-state index in [2.05, 4.69) is 30.5 Å². The number of nitrogens with one attached hydrogen (secondary N) is 2. The molecule has 0 radical (unpaired) electrons. The van der Waals surface area contributed by atoms with Crippen molar-refractivity contribution in [3.8, 4) is 22.9 Å². The molecular weight excluding hydrogens is 419 g/mol. The first-order valence-corrected chi connectivity index (χ1v) is 8.73. The van der Waals surface area contributed by atoms with Crippen LogP contribution in [0, 0.1) is 0 Å². The number of aromatic nitrogens is 6. The third-order valence-electron chi connectivity index (χ3n) is 4.34. The zero-order valence-electron chi connectivity index (χ0n) is 16.5. The Kier molecular flexibility index (Phi) is 5.01. The van der Waals surface area contributed by atoms with Crippen LogP contribution in [0.4, 0.5) is 24.8 Å². The van der Waals surface area contributed by atoms with Gasteiger partial charge in [-0.15, -0.1) is 0 Å². The minimum atomic E-state index is -4.72. The molecular formula is C18H16F3N7O3. The summed E-state index contributed by atoms with van der Waals surface area (Å²) in [6, 6.07) is 3.40. The van der Waals surface area contributed by atoms with E-state index in [4.69, 9.17) is 14.2 Å². The Morgan fingerprint density at radius 3 is 2.35 bits per heavy atom. The van der Waals surface area contributed by atoms with Crippen molar-refractivity contribution in [3.63, 3.8) is 0 Å². The average Bonchev–Trinajstić information content (AvgIpc) is 3.41. The van der Waals surface area contributed by atoms with Crippen LogP contribution in [-0.4, -0.2) is 51.0 Å². The van der Waals surface area contributed by atoms with E-state index in [1.165, 1.54) is 33.9 Å². The van der Waals surface area contributed by atoms with Gasteiger partial charge in [0.25, 0.3) is 0 Å². The van der Waals surface area contributed by atoms with Gasteiger partial charge in [0, 0.05) is 12.1 Å². The average molecular weight is 435 g/mol. The molecule has 4 rings (SSSR count). The number of ether oxygens (including phenoxy) is 3. The molecule has 0 fully saturated rings. The van der Waals surface area contributed by atoms with Gasteiger partial charge in [-0.1, -0.05) is 0 Å². The van der Waals surface area contributed by atoms with Gasteiger partial charge in [-0.25, -0.2) is 15.0 Å². The van der Waals surface area contributed by atoms with Crippen molar-refractivity contribution in [3.05, 3.63) is 36.7 Å². The zero-order valence-corrected chi connectivity index (χ0v) is 16.5. The van der Waals surface area contributed by atoms with Crippen LogP contribution in [0.1, 0.15) is 5.82 Å². The molecule has 31 heavy (non-hydrogen) atoms. The monoisotopic (exact) mass is 435 g/mol. The lowest BCUT2D eigenvalue weighted by Crippen LogP contribution is -2.12. The summed E-state index contributed by atoms with van der Waals surface area (Å²) in [7, 11) is 4.48. The molecule has 3 aromatic heterocycles. The molecule has 0 spiro atoms. The maximum atomic E-state index is 13.1. The molecule has 162 valence electrons. The predicted molar refractivity (Wildman–Crippen MR) is 103 cm³/mol. The number of methoxy groups -OCH3 is 3. The van der Waals surface area contributed by atoms with E-state index in [1.807, 2.05) is 0 Å². The van der Waals surface area contributed by atoms with Crippen molar-refractivity contribution in [2.75, 3.05) is 26.6 Å². The highest BCUT2D eigenvalue weighted by Crippen LogP contribution is 2.39. The summed E-state index contributed by atoms with van der Waals surface area (Å²) in [6.45, 7) is 0. The minimum absolute atomic E-state index is 0.0473. The molecule has 4 aromatic rings. The van der Waals surface area contributed by atoms with Gasteiger partial charge in [0.2, 0.25) is 11.6 Å². The summed E-state index contributed by atoms with van der Waals surface area (Å²) in [5.41, 5.74) is 0.580. The maximum Gasteiger partial charge on any atom is 0.451 e. The second kappa shape index (κ2) is 7.66. The summed E-state index contributed by atoms with van der Waals surface area (Å²) < 4.78 is 57.0. The number of fused-ring (bicyclic) bond motifs is 1.